The van der Waals surface area contributed by atoms with E-state index in [1.165, 1.54) is 0 Å². The highest BCUT2D eigenvalue weighted by Crippen LogP contribution is 2.42. The Morgan fingerprint density at radius 2 is 1.56 bits per heavy atom. The van der Waals surface area contributed by atoms with E-state index in [0.717, 1.165) is 70.6 Å². The van der Waals surface area contributed by atoms with Crippen LogP contribution in [0.15, 0.2) is 65.1 Å². The molecule has 6 rings (SSSR count). The van der Waals surface area contributed by atoms with Crippen molar-refractivity contribution in [2.45, 2.75) is 47.0 Å². The number of hydrogen-bond acceptors (Lipinski definition) is 9. The number of benzene rings is 3. The molecule has 12 nitrogen and oxygen atoms in total. The SMILES string of the molecule is CCN(CC)c1ccc2c(-c3ccccc3C(=O)N3CCN(CCCOC(=O)ON4C(=O)CCC4=O)CC3)c3ccc(=[N+](CC)CC)cc-3oc2c1. The Morgan fingerprint density at radius 1 is 0.846 bits per heavy atom. The summed E-state index contributed by atoms with van der Waals surface area (Å²) in [6.07, 6.45) is -0.477. The van der Waals surface area contributed by atoms with Crippen molar-refractivity contribution in [2.75, 3.05) is 70.4 Å². The molecule has 0 N–H and O–H groups in total. The molecule has 0 atom stereocenters. The first kappa shape index (κ1) is 36.6. The summed E-state index contributed by atoms with van der Waals surface area (Å²) < 4.78 is 14.0. The second-order valence-electron chi connectivity index (χ2n) is 13.0. The maximum Gasteiger partial charge on any atom is 0.533 e. The van der Waals surface area contributed by atoms with Crippen molar-refractivity contribution in [3.05, 3.63) is 71.6 Å². The highest BCUT2D eigenvalue weighted by Gasteiger charge is 2.33. The Morgan fingerprint density at radius 3 is 2.25 bits per heavy atom. The van der Waals surface area contributed by atoms with Crippen LogP contribution in [-0.4, -0.2) is 104 Å². The monoisotopic (exact) mass is 710 g/mol. The third-order valence-corrected chi connectivity index (χ3v) is 10.0. The number of carbonyl (C=O) groups is 4. The molecule has 2 aromatic rings. The van der Waals surface area contributed by atoms with Crippen molar-refractivity contribution in [1.82, 2.24) is 19.4 Å². The minimum absolute atomic E-state index is 0.0195. The fourth-order valence-electron chi connectivity index (χ4n) is 7.16. The van der Waals surface area contributed by atoms with E-state index in [1.54, 1.807) is 0 Å². The number of nitrogens with zero attached hydrogens (tertiary/aromatic N) is 5. The topological polar surface area (TPSA) is 116 Å². The van der Waals surface area contributed by atoms with Gasteiger partial charge in [0.1, 0.15) is 24.4 Å². The van der Waals surface area contributed by atoms with Crippen LogP contribution in [0.25, 0.3) is 33.4 Å². The summed E-state index contributed by atoms with van der Waals surface area (Å²) in [6.45, 7) is 15.3. The van der Waals surface area contributed by atoms with Crippen LogP contribution < -0.4 is 14.8 Å². The highest BCUT2D eigenvalue weighted by molar-refractivity contribution is 6.09. The van der Waals surface area contributed by atoms with Crippen molar-refractivity contribution < 1.29 is 33.2 Å². The van der Waals surface area contributed by atoms with Gasteiger partial charge in [-0.2, -0.15) is 0 Å². The first-order chi connectivity index (χ1) is 25.3. The van der Waals surface area contributed by atoms with E-state index in [1.807, 2.05) is 29.2 Å². The second-order valence-corrected chi connectivity index (χ2v) is 13.0. The number of imide groups is 1. The van der Waals surface area contributed by atoms with Crippen LogP contribution in [0.1, 0.15) is 57.3 Å². The molecule has 0 unspecified atom stereocenters. The van der Waals surface area contributed by atoms with Gasteiger partial charge < -0.3 is 19.0 Å². The first-order valence-electron chi connectivity index (χ1n) is 18.4. The molecule has 12 heteroatoms. The van der Waals surface area contributed by atoms with Gasteiger partial charge in [-0.15, -0.1) is 0 Å². The van der Waals surface area contributed by atoms with Crippen LogP contribution in [0.3, 0.4) is 0 Å². The Kier molecular flexibility index (Phi) is 11.5. The number of piperazine rings is 1. The van der Waals surface area contributed by atoms with Crippen LogP contribution in [0, 0.1) is 0 Å². The van der Waals surface area contributed by atoms with Crippen LogP contribution in [0.5, 0.6) is 0 Å². The molecule has 4 aliphatic rings. The minimum Gasteiger partial charge on any atom is -0.456 e. The molecule has 2 fully saturated rings. The quantitative estimate of drug-likeness (QED) is 0.0641. The van der Waals surface area contributed by atoms with E-state index < -0.39 is 18.0 Å². The van der Waals surface area contributed by atoms with Crippen molar-refractivity contribution in [1.29, 1.82) is 0 Å². The second kappa shape index (κ2) is 16.4. The number of hydroxylamine groups is 2. The zero-order chi connectivity index (χ0) is 36.8. The van der Waals surface area contributed by atoms with E-state index in [9.17, 15) is 19.2 Å². The number of anilines is 1. The van der Waals surface area contributed by atoms with E-state index >= 15 is 0 Å². The summed E-state index contributed by atoms with van der Waals surface area (Å²) in [5, 5.41) is 2.52. The van der Waals surface area contributed by atoms with Crippen molar-refractivity contribution in [2.24, 2.45) is 0 Å². The Balaban J connectivity index is 1.21. The van der Waals surface area contributed by atoms with Gasteiger partial charge in [0.25, 0.3) is 17.7 Å². The minimum atomic E-state index is -1.07. The summed E-state index contributed by atoms with van der Waals surface area (Å²) in [5.74, 6) is -0.345. The molecule has 2 saturated heterocycles. The fourth-order valence-corrected chi connectivity index (χ4v) is 7.16. The lowest BCUT2D eigenvalue weighted by atomic mass is 9.90. The molecule has 0 bridgehead atoms. The van der Waals surface area contributed by atoms with Gasteiger partial charge in [0, 0.05) is 98.6 Å². The molecule has 52 heavy (non-hydrogen) atoms. The average molecular weight is 711 g/mol. The summed E-state index contributed by atoms with van der Waals surface area (Å²) in [5.41, 5.74) is 5.31. The Bertz CT molecular complexity index is 1970. The van der Waals surface area contributed by atoms with Gasteiger partial charge in [0.2, 0.25) is 5.36 Å². The van der Waals surface area contributed by atoms with Crippen LogP contribution in [0.2, 0.25) is 0 Å². The molecular formula is C40H48N5O7+. The molecule has 0 aromatic heterocycles. The van der Waals surface area contributed by atoms with Gasteiger partial charge in [-0.3, -0.25) is 24.1 Å². The molecular weight excluding hydrogens is 662 g/mol. The lowest BCUT2D eigenvalue weighted by molar-refractivity contribution is -0.177. The summed E-state index contributed by atoms with van der Waals surface area (Å²) >= 11 is 0. The summed E-state index contributed by atoms with van der Waals surface area (Å²) in [6, 6.07) is 20.6. The third-order valence-electron chi connectivity index (χ3n) is 10.0. The van der Waals surface area contributed by atoms with E-state index in [4.69, 9.17) is 14.0 Å². The molecule has 0 spiro atoms. The molecule has 3 amide bonds. The predicted octanol–water partition coefficient (Wildman–Crippen LogP) is 5.23. The number of carbonyl (C=O) groups excluding carboxylic acids is 4. The van der Waals surface area contributed by atoms with Gasteiger partial charge in [-0.05, 0) is 63.9 Å². The number of ether oxygens (including phenoxy) is 1. The third kappa shape index (κ3) is 7.67. The normalized spacial score (nSPS) is 15.1. The standard InChI is InChI=1S/C40H48N5O7/c1-5-42(6-2)28-14-16-32-34(26-28)51-35-27-29(43(7-3)8-4)15-17-33(35)38(32)30-12-9-10-13-31(30)39(48)44-23-21-41(22-24-44)20-11-25-50-40(49)52-45-36(46)18-19-37(45)47/h9-10,12-17,26-27H,5-8,11,18-25H2,1-4H3/q+1. The van der Waals surface area contributed by atoms with E-state index in [0.29, 0.717) is 49.8 Å². The maximum atomic E-state index is 14.3. The molecule has 3 aliphatic heterocycles. The number of amides is 3. The Labute approximate surface area is 304 Å². The molecule has 0 saturated carbocycles. The molecule has 3 heterocycles. The van der Waals surface area contributed by atoms with Crippen LogP contribution in [0.4, 0.5) is 10.5 Å². The largest absolute Gasteiger partial charge is 0.533 e. The summed E-state index contributed by atoms with van der Waals surface area (Å²) in [7, 11) is 0. The number of rotatable bonds is 12. The van der Waals surface area contributed by atoms with Gasteiger partial charge >= 0.3 is 6.16 Å². The van der Waals surface area contributed by atoms with E-state index in [-0.39, 0.29) is 25.4 Å². The molecule has 274 valence electrons. The lowest BCUT2D eigenvalue weighted by Gasteiger charge is -2.35. The predicted molar refractivity (Wildman–Crippen MR) is 199 cm³/mol. The van der Waals surface area contributed by atoms with Crippen LogP contribution in [-0.2, 0) is 19.2 Å². The molecule has 1 aliphatic carbocycles. The van der Waals surface area contributed by atoms with Crippen molar-refractivity contribution in [3.63, 3.8) is 0 Å². The maximum absolute atomic E-state index is 14.3. The number of fused-ring (bicyclic) bond motifs is 2. The zero-order valence-corrected chi connectivity index (χ0v) is 30.6. The molecule has 2 aromatic carbocycles. The number of hydrogen-bond donors (Lipinski definition) is 0. The Hall–Kier alpha value is -5.23. The van der Waals surface area contributed by atoms with Gasteiger partial charge in [0.05, 0.1) is 12.7 Å². The highest BCUT2D eigenvalue weighted by atomic mass is 16.8. The summed E-state index contributed by atoms with van der Waals surface area (Å²) in [4.78, 5) is 60.7. The van der Waals surface area contributed by atoms with Gasteiger partial charge in [-0.1, -0.05) is 23.3 Å². The lowest BCUT2D eigenvalue weighted by Crippen LogP contribution is -2.49. The van der Waals surface area contributed by atoms with Crippen molar-refractivity contribution >= 4 is 40.5 Å². The van der Waals surface area contributed by atoms with E-state index in [2.05, 4.69) is 78.5 Å². The molecule has 0 radical (unpaired) electrons. The first-order valence-corrected chi connectivity index (χ1v) is 18.4. The van der Waals surface area contributed by atoms with Crippen LogP contribution >= 0.6 is 0 Å². The smallest absolute Gasteiger partial charge is 0.456 e. The fraction of sp³-hybridized carbons (Fsp3) is 0.425. The average Bonchev–Trinajstić information content (AvgIpc) is 3.48. The van der Waals surface area contributed by atoms with Gasteiger partial charge in [-0.25, -0.2) is 9.37 Å². The van der Waals surface area contributed by atoms with Crippen molar-refractivity contribution in [3.8, 4) is 22.5 Å². The zero-order valence-electron chi connectivity index (χ0n) is 30.6. The van der Waals surface area contributed by atoms with Gasteiger partial charge in [0.15, 0.2) is 0 Å².